The third-order valence-corrected chi connectivity index (χ3v) is 8.18. The number of halogens is 1. The first-order chi connectivity index (χ1) is 13.8. The second-order valence-electron chi connectivity index (χ2n) is 6.17. The summed E-state index contributed by atoms with van der Waals surface area (Å²) in [5.74, 6) is 0.925. The van der Waals surface area contributed by atoms with Gasteiger partial charge >= 0.3 is 0 Å². The van der Waals surface area contributed by atoms with Gasteiger partial charge in [-0.2, -0.15) is 4.31 Å². The maximum Gasteiger partial charge on any atom is 0.254 e. The Balaban J connectivity index is 1.75. The number of rotatable bonds is 6. The van der Waals surface area contributed by atoms with E-state index in [0.29, 0.717) is 27.1 Å². The summed E-state index contributed by atoms with van der Waals surface area (Å²) in [5, 5.41) is 0. The number of benzene rings is 1. The third kappa shape index (κ3) is 4.30. The fourth-order valence-corrected chi connectivity index (χ4v) is 6.14. The predicted octanol–water partition coefficient (Wildman–Crippen LogP) is 2.57. The van der Waals surface area contributed by atoms with Gasteiger partial charge in [0.15, 0.2) is 11.5 Å². The van der Waals surface area contributed by atoms with E-state index in [-0.39, 0.29) is 36.3 Å². The summed E-state index contributed by atoms with van der Waals surface area (Å²) >= 11 is 6.88. The molecule has 0 atom stereocenters. The molecule has 1 saturated heterocycles. The normalized spacial score (nSPS) is 15.2. The molecule has 1 amide bonds. The summed E-state index contributed by atoms with van der Waals surface area (Å²) in [6, 6.07) is 6.22. The van der Waals surface area contributed by atoms with Crippen molar-refractivity contribution in [2.75, 3.05) is 47.5 Å². The minimum Gasteiger partial charge on any atom is -0.493 e. The number of carbonyl (C=O) groups excluding carboxylic acids is 1. The summed E-state index contributed by atoms with van der Waals surface area (Å²) in [6.07, 6.45) is 0. The molecule has 1 aromatic heterocycles. The van der Waals surface area contributed by atoms with Crippen LogP contribution in [0.1, 0.15) is 10.4 Å². The molecule has 2 aromatic rings. The van der Waals surface area contributed by atoms with Gasteiger partial charge in [-0.25, -0.2) is 8.42 Å². The summed E-state index contributed by atoms with van der Waals surface area (Å²) < 4.78 is 43.3. The molecule has 0 N–H and O–H groups in total. The molecule has 1 aliphatic heterocycles. The Labute approximate surface area is 178 Å². The third-order valence-electron chi connectivity index (χ3n) is 4.58. The number of amides is 1. The van der Waals surface area contributed by atoms with E-state index in [0.717, 1.165) is 11.3 Å². The lowest BCUT2D eigenvalue weighted by atomic mass is 10.1. The van der Waals surface area contributed by atoms with E-state index in [9.17, 15) is 13.2 Å². The molecule has 1 aromatic carbocycles. The first-order valence-electron chi connectivity index (χ1n) is 8.66. The number of hydrogen-bond donors (Lipinski definition) is 0. The van der Waals surface area contributed by atoms with Crippen LogP contribution in [-0.4, -0.2) is 71.0 Å². The quantitative estimate of drug-likeness (QED) is 0.658. The van der Waals surface area contributed by atoms with Gasteiger partial charge in [-0.05, 0) is 24.3 Å². The highest BCUT2D eigenvalue weighted by atomic mass is 35.5. The first kappa shape index (κ1) is 21.7. The minimum atomic E-state index is -3.61. The van der Waals surface area contributed by atoms with Crippen molar-refractivity contribution in [1.29, 1.82) is 0 Å². The number of hydrogen-bond acceptors (Lipinski definition) is 7. The van der Waals surface area contributed by atoms with Crippen LogP contribution >= 0.6 is 22.9 Å². The summed E-state index contributed by atoms with van der Waals surface area (Å²) in [4.78, 5) is 14.6. The van der Waals surface area contributed by atoms with Gasteiger partial charge < -0.3 is 19.1 Å². The van der Waals surface area contributed by atoms with E-state index in [1.807, 2.05) is 0 Å². The van der Waals surface area contributed by atoms with E-state index >= 15 is 0 Å². The number of sulfonamides is 1. The van der Waals surface area contributed by atoms with Gasteiger partial charge in [0.25, 0.3) is 15.9 Å². The standard InChI is InChI=1S/C18H21ClN2O6S2/c1-25-13-10-12(11-14(26-2)17(13)27-3)18(22)20-6-8-21(9-7-20)29(23,24)16-5-4-15(19)28-16/h4-5,10-11H,6-9H2,1-3H3. The number of carbonyl (C=O) groups is 1. The highest BCUT2D eigenvalue weighted by Crippen LogP contribution is 2.38. The Bertz CT molecular complexity index is 975. The lowest BCUT2D eigenvalue weighted by Crippen LogP contribution is -2.50. The smallest absolute Gasteiger partial charge is 0.254 e. The van der Waals surface area contributed by atoms with Crippen molar-refractivity contribution >= 4 is 38.9 Å². The number of methoxy groups -OCH3 is 3. The van der Waals surface area contributed by atoms with E-state index in [1.54, 1.807) is 23.1 Å². The fraction of sp³-hybridized carbons (Fsp3) is 0.389. The first-order valence-corrected chi connectivity index (χ1v) is 11.3. The zero-order valence-electron chi connectivity index (χ0n) is 16.2. The lowest BCUT2D eigenvalue weighted by Gasteiger charge is -2.33. The van der Waals surface area contributed by atoms with Crippen molar-refractivity contribution in [3.63, 3.8) is 0 Å². The van der Waals surface area contributed by atoms with Crippen LogP contribution in [0.5, 0.6) is 17.2 Å². The van der Waals surface area contributed by atoms with Gasteiger partial charge in [0.2, 0.25) is 5.75 Å². The number of nitrogens with zero attached hydrogens (tertiary/aromatic N) is 2. The summed E-state index contributed by atoms with van der Waals surface area (Å²) in [6.45, 7) is 0.948. The molecular formula is C18H21ClN2O6S2. The Morgan fingerprint density at radius 2 is 1.59 bits per heavy atom. The molecule has 0 spiro atoms. The van der Waals surface area contributed by atoms with Crippen LogP contribution in [0.2, 0.25) is 4.34 Å². The van der Waals surface area contributed by atoms with Crippen LogP contribution in [0.3, 0.4) is 0 Å². The molecule has 8 nitrogen and oxygen atoms in total. The van der Waals surface area contributed by atoms with E-state index in [1.165, 1.54) is 31.7 Å². The van der Waals surface area contributed by atoms with Crippen molar-refractivity contribution in [3.8, 4) is 17.2 Å². The Kier molecular flexibility index (Phi) is 6.57. The largest absolute Gasteiger partial charge is 0.493 e. The molecular weight excluding hydrogens is 440 g/mol. The molecule has 11 heteroatoms. The monoisotopic (exact) mass is 460 g/mol. The van der Waals surface area contributed by atoms with Crippen LogP contribution in [0.25, 0.3) is 0 Å². The zero-order chi connectivity index (χ0) is 21.2. The van der Waals surface area contributed by atoms with E-state index < -0.39 is 10.0 Å². The van der Waals surface area contributed by atoms with Crippen molar-refractivity contribution in [3.05, 3.63) is 34.2 Å². The molecule has 0 aliphatic carbocycles. The Hall–Kier alpha value is -2.01. The van der Waals surface area contributed by atoms with Crippen LogP contribution in [-0.2, 0) is 10.0 Å². The minimum absolute atomic E-state index is 0.201. The molecule has 29 heavy (non-hydrogen) atoms. The van der Waals surface area contributed by atoms with Gasteiger partial charge in [0, 0.05) is 31.7 Å². The molecule has 1 fully saturated rings. The summed E-state index contributed by atoms with van der Waals surface area (Å²) in [7, 11) is 0.832. The number of ether oxygens (including phenoxy) is 3. The van der Waals surface area contributed by atoms with Crippen LogP contribution in [0.15, 0.2) is 28.5 Å². The highest BCUT2D eigenvalue weighted by Gasteiger charge is 2.32. The van der Waals surface area contributed by atoms with Crippen molar-refractivity contribution < 1.29 is 27.4 Å². The maximum atomic E-state index is 13.0. The molecule has 2 heterocycles. The van der Waals surface area contributed by atoms with Crippen LogP contribution in [0.4, 0.5) is 0 Å². The average molecular weight is 461 g/mol. The molecule has 3 rings (SSSR count). The van der Waals surface area contributed by atoms with Gasteiger partial charge in [0.05, 0.1) is 25.7 Å². The second kappa shape index (κ2) is 8.78. The molecule has 0 bridgehead atoms. The highest BCUT2D eigenvalue weighted by molar-refractivity contribution is 7.91. The molecule has 0 unspecified atom stereocenters. The number of thiophene rings is 1. The van der Waals surface area contributed by atoms with Crippen molar-refractivity contribution in [2.45, 2.75) is 4.21 Å². The lowest BCUT2D eigenvalue weighted by molar-refractivity contribution is 0.0697. The number of piperazine rings is 1. The van der Waals surface area contributed by atoms with Gasteiger partial charge in [-0.3, -0.25) is 4.79 Å². The zero-order valence-corrected chi connectivity index (χ0v) is 18.6. The molecule has 0 saturated carbocycles. The topological polar surface area (TPSA) is 85.4 Å². The van der Waals surface area contributed by atoms with Crippen molar-refractivity contribution in [2.24, 2.45) is 0 Å². The fourth-order valence-electron chi connectivity index (χ4n) is 3.08. The van der Waals surface area contributed by atoms with Gasteiger partial charge in [0.1, 0.15) is 4.21 Å². The average Bonchev–Trinajstić information content (AvgIpc) is 3.19. The SMILES string of the molecule is COc1cc(C(=O)N2CCN(S(=O)(=O)c3ccc(Cl)s3)CC2)cc(OC)c1OC. The van der Waals surface area contributed by atoms with E-state index in [2.05, 4.69) is 0 Å². The predicted molar refractivity (Wildman–Crippen MR) is 110 cm³/mol. The van der Waals surface area contributed by atoms with Gasteiger partial charge in [-0.15, -0.1) is 11.3 Å². The molecule has 158 valence electrons. The van der Waals surface area contributed by atoms with Crippen molar-refractivity contribution in [1.82, 2.24) is 9.21 Å². The van der Waals surface area contributed by atoms with Crippen LogP contribution < -0.4 is 14.2 Å². The van der Waals surface area contributed by atoms with Gasteiger partial charge in [-0.1, -0.05) is 11.6 Å². The maximum absolute atomic E-state index is 13.0. The second-order valence-corrected chi connectivity index (χ2v) is 10.0. The Morgan fingerprint density at radius 3 is 2.03 bits per heavy atom. The molecule has 1 aliphatic rings. The van der Waals surface area contributed by atoms with E-state index in [4.69, 9.17) is 25.8 Å². The van der Waals surface area contributed by atoms with Crippen LogP contribution in [0, 0.1) is 0 Å². The molecule has 0 radical (unpaired) electrons. The summed E-state index contributed by atoms with van der Waals surface area (Å²) in [5.41, 5.74) is 0.376. The Morgan fingerprint density at radius 1 is 1.00 bits per heavy atom.